The predicted octanol–water partition coefficient (Wildman–Crippen LogP) is 4.58. The fraction of sp³-hybridized carbons (Fsp3) is 0.533. The summed E-state index contributed by atoms with van der Waals surface area (Å²) in [5, 5.41) is 13.1. The van der Waals surface area contributed by atoms with Crippen molar-refractivity contribution >= 4 is 21.6 Å². The average Bonchev–Trinajstić information content (AvgIpc) is 2.35. The lowest BCUT2D eigenvalue weighted by molar-refractivity contribution is 0.206. The van der Waals surface area contributed by atoms with E-state index in [1.54, 1.807) is 0 Å². The summed E-state index contributed by atoms with van der Waals surface area (Å²) in [5.74, 6) is 0.966. The molecule has 3 heteroatoms. The molecule has 18 heavy (non-hydrogen) atoms. The number of nitrogens with zero attached hydrogens (tertiary/aromatic N) is 1. The van der Waals surface area contributed by atoms with Gasteiger partial charge in [-0.15, -0.1) is 0 Å². The molecule has 0 radical (unpaired) electrons. The molecule has 1 saturated carbocycles. The van der Waals surface area contributed by atoms with E-state index in [0.29, 0.717) is 11.8 Å². The van der Waals surface area contributed by atoms with E-state index in [-0.39, 0.29) is 0 Å². The van der Waals surface area contributed by atoms with E-state index >= 15 is 0 Å². The molecule has 96 valence electrons. The molecule has 1 aliphatic carbocycles. The zero-order chi connectivity index (χ0) is 13.2. The summed E-state index contributed by atoms with van der Waals surface area (Å²) >= 11 is 3.47. The standard InChI is InChI=1S/C15H19BrN2/c1-11-5-4-8-15(10-17,12(11)2)18-14-7-3-6-13(16)9-14/h3,6-7,9,11-12,18H,4-5,8H2,1-2H3. The van der Waals surface area contributed by atoms with Crippen LogP contribution < -0.4 is 5.32 Å². The lowest BCUT2D eigenvalue weighted by Gasteiger charge is -2.42. The molecular weight excluding hydrogens is 288 g/mol. The Kier molecular flexibility index (Phi) is 3.97. The molecule has 1 N–H and O–H groups in total. The van der Waals surface area contributed by atoms with Crippen molar-refractivity contribution in [2.75, 3.05) is 5.32 Å². The fourth-order valence-corrected chi connectivity index (χ4v) is 3.25. The maximum atomic E-state index is 9.64. The zero-order valence-corrected chi connectivity index (χ0v) is 12.5. The monoisotopic (exact) mass is 306 g/mol. The number of nitriles is 1. The molecule has 3 unspecified atom stereocenters. The van der Waals surface area contributed by atoms with Gasteiger partial charge in [0.2, 0.25) is 0 Å². The number of hydrogen-bond donors (Lipinski definition) is 1. The van der Waals surface area contributed by atoms with E-state index in [0.717, 1.165) is 23.0 Å². The maximum absolute atomic E-state index is 9.64. The first-order valence-electron chi connectivity index (χ1n) is 6.52. The molecule has 1 aliphatic rings. The van der Waals surface area contributed by atoms with Gasteiger partial charge < -0.3 is 5.32 Å². The number of nitrogens with one attached hydrogen (secondary N) is 1. The van der Waals surface area contributed by atoms with Gasteiger partial charge in [-0.1, -0.05) is 42.3 Å². The Balaban J connectivity index is 2.26. The molecule has 1 aromatic carbocycles. The number of rotatable bonds is 2. The van der Waals surface area contributed by atoms with Gasteiger partial charge in [-0.3, -0.25) is 0 Å². The topological polar surface area (TPSA) is 35.8 Å². The third-order valence-corrected chi connectivity index (χ3v) is 4.75. The van der Waals surface area contributed by atoms with E-state index in [1.165, 1.54) is 6.42 Å². The predicted molar refractivity (Wildman–Crippen MR) is 78.3 cm³/mol. The normalized spacial score (nSPS) is 31.7. The van der Waals surface area contributed by atoms with Crippen LogP contribution in [0.15, 0.2) is 28.7 Å². The summed E-state index contributed by atoms with van der Waals surface area (Å²) < 4.78 is 1.04. The lowest BCUT2D eigenvalue weighted by atomic mass is 9.69. The van der Waals surface area contributed by atoms with Gasteiger partial charge in [0, 0.05) is 10.2 Å². The second-order valence-corrected chi connectivity index (χ2v) is 6.29. The van der Waals surface area contributed by atoms with E-state index in [4.69, 9.17) is 0 Å². The SMILES string of the molecule is CC1CCCC(C#N)(Nc2cccc(Br)c2)C1C. The van der Waals surface area contributed by atoms with E-state index < -0.39 is 5.54 Å². The number of anilines is 1. The van der Waals surface area contributed by atoms with Crippen LogP contribution in [0.3, 0.4) is 0 Å². The van der Waals surface area contributed by atoms with Crippen molar-refractivity contribution in [2.45, 2.75) is 38.6 Å². The highest BCUT2D eigenvalue weighted by Gasteiger charge is 2.41. The first-order chi connectivity index (χ1) is 8.57. The first-order valence-corrected chi connectivity index (χ1v) is 7.32. The van der Waals surface area contributed by atoms with Crippen molar-refractivity contribution < 1.29 is 0 Å². The molecule has 0 aromatic heterocycles. The van der Waals surface area contributed by atoms with Crippen molar-refractivity contribution in [3.05, 3.63) is 28.7 Å². The van der Waals surface area contributed by atoms with Crippen LogP contribution in [0.4, 0.5) is 5.69 Å². The summed E-state index contributed by atoms with van der Waals surface area (Å²) in [6, 6.07) is 10.6. The fourth-order valence-electron chi connectivity index (χ4n) is 2.85. The summed E-state index contributed by atoms with van der Waals surface area (Å²) in [5.41, 5.74) is 0.602. The van der Waals surface area contributed by atoms with Gasteiger partial charge in [0.25, 0.3) is 0 Å². The molecule has 1 fully saturated rings. The van der Waals surface area contributed by atoms with Crippen molar-refractivity contribution in [2.24, 2.45) is 11.8 Å². The molecule has 2 rings (SSSR count). The Hall–Kier alpha value is -1.01. The van der Waals surface area contributed by atoms with Gasteiger partial charge in [0.15, 0.2) is 0 Å². The summed E-state index contributed by atoms with van der Waals surface area (Å²) in [6.45, 7) is 4.44. The van der Waals surface area contributed by atoms with Gasteiger partial charge in [0.1, 0.15) is 5.54 Å². The molecule has 0 amide bonds. The maximum Gasteiger partial charge on any atom is 0.128 e. The second-order valence-electron chi connectivity index (χ2n) is 5.38. The van der Waals surface area contributed by atoms with E-state index in [9.17, 15) is 5.26 Å². The van der Waals surface area contributed by atoms with Crippen LogP contribution in [0.1, 0.15) is 33.1 Å². The van der Waals surface area contributed by atoms with E-state index in [1.807, 2.05) is 24.3 Å². The minimum atomic E-state index is -0.418. The van der Waals surface area contributed by atoms with Crippen LogP contribution in [-0.2, 0) is 0 Å². The quantitative estimate of drug-likeness (QED) is 0.868. The molecular formula is C15H19BrN2. The van der Waals surface area contributed by atoms with Gasteiger partial charge in [0.05, 0.1) is 6.07 Å². The molecule has 2 nitrogen and oxygen atoms in total. The molecule has 0 saturated heterocycles. The zero-order valence-electron chi connectivity index (χ0n) is 10.9. The minimum absolute atomic E-state index is 0.371. The Morgan fingerprint density at radius 1 is 1.44 bits per heavy atom. The number of halogens is 1. The van der Waals surface area contributed by atoms with Gasteiger partial charge >= 0.3 is 0 Å². The highest BCUT2D eigenvalue weighted by atomic mass is 79.9. The van der Waals surface area contributed by atoms with Gasteiger partial charge in [-0.05, 0) is 42.9 Å². The van der Waals surface area contributed by atoms with Crippen LogP contribution in [0.5, 0.6) is 0 Å². The Morgan fingerprint density at radius 2 is 2.22 bits per heavy atom. The first kappa shape index (κ1) is 13.4. The van der Waals surface area contributed by atoms with Crippen LogP contribution in [0, 0.1) is 23.2 Å². The minimum Gasteiger partial charge on any atom is -0.367 e. The summed E-state index contributed by atoms with van der Waals surface area (Å²) in [6.07, 6.45) is 3.28. The number of hydrogen-bond acceptors (Lipinski definition) is 2. The van der Waals surface area contributed by atoms with Crippen molar-refractivity contribution in [1.29, 1.82) is 5.26 Å². The highest BCUT2D eigenvalue weighted by Crippen LogP contribution is 2.39. The average molecular weight is 307 g/mol. The van der Waals surface area contributed by atoms with Crippen molar-refractivity contribution in [3.8, 4) is 6.07 Å². The van der Waals surface area contributed by atoms with Crippen LogP contribution in [0.2, 0.25) is 0 Å². The third kappa shape index (κ3) is 2.54. The van der Waals surface area contributed by atoms with Gasteiger partial charge in [-0.2, -0.15) is 5.26 Å². The van der Waals surface area contributed by atoms with E-state index in [2.05, 4.69) is 41.2 Å². The molecule has 3 atom stereocenters. The highest BCUT2D eigenvalue weighted by molar-refractivity contribution is 9.10. The summed E-state index contributed by atoms with van der Waals surface area (Å²) in [4.78, 5) is 0. The molecule has 0 aliphatic heterocycles. The second kappa shape index (κ2) is 5.32. The summed E-state index contributed by atoms with van der Waals surface area (Å²) in [7, 11) is 0. The smallest absolute Gasteiger partial charge is 0.128 e. The Labute approximate surface area is 118 Å². The van der Waals surface area contributed by atoms with Crippen LogP contribution in [0.25, 0.3) is 0 Å². The largest absolute Gasteiger partial charge is 0.367 e. The van der Waals surface area contributed by atoms with Crippen LogP contribution >= 0.6 is 15.9 Å². The third-order valence-electron chi connectivity index (χ3n) is 4.25. The van der Waals surface area contributed by atoms with Crippen LogP contribution in [-0.4, -0.2) is 5.54 Å². The lowest BCUT2D eigenvalue weighted by Crippen LogP contribution is -2.48. The Bertz CT molecular complexity index is 466. The molecule has 0 spiro atoms. The Morgan fingerprint density at radius 3 is 2.89 bits per heavy atom. The van der Waals surface area contributed by atoms with Crippen molar-refractivity contribution in [1.82, 2.24) is 0 Å². The molecule has 1 aromatic rings. The number of benzene rings is 1. The van der Waals surface area contributed by atoms with Gasteiger partial charge in [-0.25, -0.2) is 0 Å². The molecule has 0 bridgehead atoms. The van der Waals surface area contributed by atoms with Crippen molar-refractivity contribution in [3.63, 3.8) is 0 Å². The molecule has 0 heterocycles.